The zero-order chi connectivity index (χ0) is 13.9. The van der Waals surface area contributed by atoms with Gasteiger partial charge in [0.15, 0.2) is 0 Å². The fourth-order valence-corrected chi connectivity index (χ4v) is 2.58. The number of ether oxygens (including phenoxy) is 1. The Kier molecular flexibility index (Phi) is 5.17. The molecule has 0 aromatic heterocycles. The summed E-state index contributed by atoms with van der Waals surface area (Å²) in [7, 11) is 1.69. The summed E-state index contributed by atoms with van der Waals surface area (Å²) < 4.78 is 5.48. The standard InChI is InChI=1S/C15H26N2O/c1-9(2)12(8-16)15(17)14-11(4)6-10(3)7-13(14)18-5/h6-7,9,12,15H,8,16-17H2,1-5H3. The average Bonchev–Trinajstić information content (AvgIpc) is 2.27. The van der Waals surface area contributed by atoms with E-state index < -0.39 is 0 Å². The van der Waals surface area contributed by atoms with Crippen LogP contribution in [0.25, 0.3) is 0 Å². The second-order valence-corrected chi connectivity index (χ2v) is 5.37. The minimum Gasteiger partial charge on any atom is -0.496 e. The second kappa shape index (κ2) is 6.21. The van der Waals surface area contributed by atoms with Crippen LogP contribution in [0.15, 0.2) is 12.1 Å². The third-order valence-corrected chi connectivity index (χ3v) is 3.64. The molecule has 0 aliphatic heterocycles. The van der Waals surface area contributed by atoms with Gasteiger partial charge in [0.05, 0.1) is 7.11 Å². The Morgan fingerprint density at radius 2 is 1.83 bits per heavy atom. The first-order valence-corrected chi connectivity index (χ1v) is 6.53. The summed E-state index contributed by atoms with van der Waals surface area (Å²) in [5.74, 6) is 1.59. The van der Waals surface area contributed by atoms with Crippen molar-refractivity contribution in [3.8, 4) is 5.75 Å². The van der Waals surface area contributed by atoms with Gasteiger partial charge in [-0.25, -0.2) is 0 Å². The predicted molar refractivity (Wildman–Crippen MR) is 76.8 cm³/mol. The van der Waals surface area contributed by atoms with Crippen molar-refractivity contribution in [1.82, 2.24) is 0 Å². The van der Waals surface area contributed by atoms with Crippen LogP contribution in [-0.4, -0.2) is 13.7 Å². The van der Waals surface area contributed by atoms with E-state index in [1.807, 2.05) is 6.07 Å². The van der Waals surface area contributed by atoms with Crippen molar-refractivity contribution in [1.29, 1.82) is 0 Å². The summed E-state index contributed by atoms with van der Waals surface area (Å²) in [5, 5.41) is 0. The lowest BCUT2D eigenvalue weighted by molar-refractivity contribution is 0.319. The third kappa shape index (κ3) is 3.03. The molecule has 0 heterocycles. The zero-order valence-electron chi connectivity index (χ0n) is 12.2. The Hall–Kier alpha value is -1.06. The van der Waals surface area contributed by atoms with Gasteiger partial charge in [-0.2, -0.15) is 0 Å². The van der Waals surface area contributed by atoms with Crippen molar-refractivity contribution in [3.05, 3.63) is 28.8 Å². The molecule has 4 N–H and O–H groups in total. The SMILES string of the molecule is COc1cc(C)cc(C)c1C(N)C(CN)C(C)C. The molecule has 1 aromatic rings. The van der Waals surface area contributed by atoms with Crippen LogP contribution >= 0.6 is 0 Å². The molecule has 3 heteroatoms. The van der Waals surface area contributed by atoms with Gasteiger partial charge < -0.3 is 16.2 Å². The van der Waals surface area contributed by atoms with Gasteiger partial charge in [-0.15, -0.1) is 0 Å². The van der Waals surface area contributed by atoms with Crippen LogP contribution < -0.4 is 16.2 Å². The highest BCUT2D eigenvalue weighted by molar-refractivity contribution is 5.45. The molecule has 0 bridgehead atoms. The number of aryl methyl sites for hydroxylation is 2. The van der Waals surface area contributed by atoms with E-state index in [4.69, 9.17) is 16.2 Å². The van der Waals surface area contributed by atoms with Crippen LogP contribution in [0.5, 0.6) is 5.75 Å². The van der Waals surface area contributed by atoms with E-state index in [-0.39, 0.29) is 12.0 Å². The lowest BCUT2D eigenvalue weighted by atomic mass is 9.83. The van der Waals surface area contributed by atoms with Gasteiger partial charge >= 0.3 is 0 Å². The number of methoxy groups -OCH3 is 1. The van der Waals surface area contributed by atoms with Gasteiger partial charge in [0.1, 0.15) is 5.75 Å². The van der Waals surface area contributed by atoms with Gasteiger partial charge in [-0.05, 0) is 49.4 Å². The van der Waals surface area contributed by atoms with Crippen molar-refractivity contribution in [2.24, 2.45) is 23.3 Å². The molecule has 0 radical (unpaired) electrons. The van der Waals surface area contributed by atoms with Crippen molar-refractivity contribution in [3.63, 3.8) is 0 Å². The minimum absolute atomic E-state index is 0.0782. The molecule has 1 rings (SSSR count). The molecule has 0 spiro atoms. The van der Waals surface area contributed by atoms with Gasteiger partial charge in [0.2, 0.25) is 0 Å². The summed E-state index contributed by atoms with van der Waals surface area (Å²) in [6.45, 7) is 9.06. The lowest BCUT2D eigenvalue weighted by Crippen LogP contribution is -2.32. The van der Waals surface area contributed by atoms with E-state index in [1.54, 1.807) is 7.11 Å². The maximum atomic E-state index is 6.42. The fraction of sp³-hybridized carbons (Fsp3) is 0.600. The summed E-state index contributed by atoms with van der Waals surface area (Å²) in [4.78, 5) is 0. The number of nitrogens with two attached hydrogens (primary N) is 2. The van der Waals surface area contributed by atoms with E-state index in [1.165, 1.54) is 11.1 Å². The van der Waals surface area contributed by atoms with Gasteiger partial charge in [0.25, 0.3) is 0 Å². The first-order chi connectivity index (χ1) is 8.42. The topological polar surface area (TPSA) is 61.3 Å². The molecule has 18 heavy (non-hydrogen) atoms. The van der Waals surface area contributed by atoms with Gasteiger partial charge in [0, 0.05) is 11.6 Å². The molecular weight excluding hydrogens is 224 g/mol. The third-order valence-electron chi connectivity index (χ3n) is 3.64. The zero-order valence-corrected chi connectivity index (χ0v) is 12.2. The van der Waals surface area contributed by atoms with Crippen molar-refractivity contribution in [2.75, 3.05) is 13.7 Å². The molecular formula is C15H26N2O. The van der Waals surface area contributed by atoms with Crippen LogP contribution in [-0.2, 0) is 0 Å². The number of hydrogen-bond acceptors (Lipinski definition) is 3. The summed E-state index contributed by atoms with van der Waals surface area (Å²) >= 11 is 0. The Labute approximate surface area is 111 Å². The highest BCUT2D eigenvalue weighted by Crippen LogP contribution is 2.34. The molecule has 2 unspecified atom stereocenters. The molecule has 0 amide bonds. The lowest BCUT2D eigenvalue weighted by Gasteiger charge is -2.29. The Balaban J connectivity index is 3.22. The molecule has 0 saturated heterocycles. The van der Waals surface area contributed by atoms with E-state index >= 15 is 0 Å². The Morgan fingerprint density at radius 3 is 2.28 bits per heavy atom. The molecule has 0 aliphatic rings. The van der Waals surface area contributed by atoms with E-state index in [0.717, 1.165) is 11.3 Å². The summed E-state index contributed by atoms with van der Waals surface area (Å²) in [6, 6.07) is 4.10. The summed E-state index contributed by atoms with van der Waals surface area (Å²) in [6.07, 6.45) is 0. The second-order valence-electron chi connectivity index (χ2n) is 5.37. The monoisotopic (exact) mass is 250 g/mol. The van der Waals surface area contributed by atoms with Gasteiger partial charge in [-0.1, -0.05) is 19.9 Å². The van der Waals surface area contributed by atoms with Gasteiger partial charge in [-0.3, -0.25) is 0 Å². The van der Waals surface area contributed by atoms with E-state index in [9.17, 15) is 0 Å². The smallest absolute Gasteiger partial charge is 0.124 e. The first-order valence-electron chi connectivity index (χ1n) is 6.53. The molecule has 3 nitrogen and oxygen atoms in total. The Morgan fingerprint density at radius 1 is 1.22 bits per heavy atom. The quantitative estimate of drug-likeness (QED) is 0.844. The van der Waals surface area contributed by atoms with E-state index in [2.05, 4.69) is 33.8 Å². The number of benzene rings is 1. The maximum absolute atomic E-state index is 6.42. The molecule has 102 valence electrons. The average molecular weight is 250 g/mol. The number of hydrogen-bond donors (Lipinski definition) is 2. The highest BCUT2D eigenvalue weighted by Gasteiger charge is 2.25. The van der Waals surface area contributed by atoms with Crippen LogP contribution in [0.3, 0.4) is 0 Å². The normalized spacial score (nSPS) is 14.7. The van der Waals surface area contributed by atoms with Crippen molar-refractivity contribution >= 4 is 0 Å². The van der Waals surface area contributed by atoms with E-state index in [0.29, 0.717) is 12.5 Å². The first kappa shape index (κ1) is 15.0. The molecule has 0 aliphatic carbocycles. The predicted octanol–water partition coefficient (Wildman–Crippen LogP) is 2.54. The fourth-order valence-electron chi connectivity index (χ4n) is 2.58. The van der Waals surface area contributed by atoms with Crippen molar-refractivity contribution in [2.45, 2.75) is 33.7 Å². The molecule has 1 aromatic carbocycles. The molecule has 0 saturated carbocycles. The highest BCUT2D eigenvalue weighted by atomic mass is 16.5. The summed E-state index contributed by atoms with van der Waals surface area (Å²) in [5.41, 5.74) is 15.7. The van der Waals surface area contributed by atoms with Crippen LogP contribution in [0.2, 0.25) is 0 Å². The number of rotatable bonds is 5. The molecule has 0 fully saturated rings. The van der Waals surface area contributed by atoms with Crippen LogP contribution in [0.4, 0.5) is 0 Å². The van der Waals surface area contributed by atoms with Crippen LogP contribution in [0.1, 0.15) is 36.6 Å². The minimum atomic E-state index is -0.0782. The maximum Gasteiger partial charge on any atom is 0.124 e. The largest absolute Gasteiger partial charge is 0.496 e. The Bertz CT molecular complexity index is 402. The van der Waals surface area contributed by atoms with Crippen LogP contribution in [0, 0.1) is 25.7 Å². The van der Waals surface area contributed by atoms with Crippen molar-refractivity contribution < 1.29 is 4.74 Å². The molecule has 2 atom stereocenters.